The van der Waals surface area contributed by atoms with Crippen molar-refractivity contribution in [1.82, 2.24) is 9.55 Å². The lowest BCUT2D eigenvalue weighted by molar-refractivity contribution is -0.150. The molecular weight excluding hydrogens is 727 g/mol. The van der Waals surface area contributed by atoms with Gasteiger partial charge in [-0.1, -0.05) is 115 Å². The van der Waals surface area contributed by atoms with Crippen LogP contribution in [0.3, 0.4) is 0 Å². The topological polar surface area (TPSA) is 170 Å². The van der Waals surface area contributed by atoms with E-state index in [-0.39, 0.29) is 23.2 Å². The molecule has 0 bridgehead atoms. The van der Waals surface area contributed by atoms with Crippen LogP contribution in [0.15, 0.2) is 12.3 Å². The first-order valence-corrected chi connectivity index (χ1v) is 23.3. The van der Waals surface area contributed by atoms with Crippen LogP contribution in [0.2, 0.25) is 5.15 Å². The molecule has 12 nitrogen and oxygen atoms in total. The Morgan fingerprint density at radius 1 is 1.04 bits per heavy atom. The molecule has 1 saturated heterocycles. The second kappa shape index (κ2) is 21.6. The number of carbonyl (C=O) groups excluding carboxylic acids is 1. The fourth-order valence-electron chi connectivity index (χ4n) is 7.24. The van der Waals surface area contributed by atoms with Crippen LogP contribution >= 0.6 is 19.2 Å². The van der Waals surface area contributed by atoms with E-state index in [1.165, 1.54) is 64.2 Å². The van der Waals surface area contributed by atoms with Crippen molar-refractivity contribution in [3.63, 3.8) is 0 Å². The number of fused-ring (bicyclic) bond motifs is 1. The third-order valence-corrected chi connectivity index (χ3v) is 14.6. The molecule has 1 unspecified atom stereocenters. The fraction of sp³-hybridized carbons (Fsp3) is 0.757. The molecule has 1 saturated carbocycles. The Morgan fingerprint density at radius 2 is 1.65 bits per heavy atom. The summed E-state index contributed by atoms with van der Waals surface area (Å²) in [5, 5.41) is 14.1. The number of aromatic nitrogens is 2. The van der Waals surface area contributed by atoms with Crippen LogP contribution in [0, 0.1) is 11.3 Å². The molecule has 0 radical (unpaired) electrons. The van der Waals surface area contributed by atoms with Crippen LogP contribution in [0.4, 0.5) is 5.69 Å². The molecular formula is C37H58ClN4O8PS. The second-order valence-electron chi connectivity index (χ2n) is 14.4. The van der Waals surface area contributed by atoms with Crippen LogP contribution in [-0.2, 0) is 33.2 Å². The van der Waals surface area contributed by atoms with E-state index in [9.17, 15) is 27.9 Å². The maximum Gasteiger partial charge on any atom is 0.346 e. The van der Waals surface area contributed by atoms with Crippen molar-refractivity contribution in [2.45, 2.75) is 160 Å². The van der Waals surface area contributed by atoms with Crippen molar-refractivity contribution in [3.05, 3.63) is 23.0 Å². The standard InChI is InChI=1S/C37H58ClN4O8PS/c1-2-3-4-5-6-7-8-9-10-11-12-13-14-15-20-34(43)48-27-49-51(44,45)28-52(46,47)26-30-21-22-33(50-30)42-24-23-31-35(40-29-18-16-17-19-29)32(25-39)36(38)41-37(31)42/h23-24,29-30,33H,2-22,26-28H2,1H3,(H,40,41)(H,44,45)/t30-,33+/m0/s1. The Bertz CT molecular complexity index is 1630. The first-order valence-electron chi connectivity index (χ1n) is 19.4. The molecule has 3 heterocycles. The summed E-state index contributed by atoms with van der Waals surface area (Å²) < 4.78 is 56.1. The van der Waals surface area contributed by atoms with Crippen LogP contribution in [-0.4, -0.2) is 59.0 Å². The molecule has 15 heteroatoms. The van der Waals surface area contributed by atoms with Gasteiger partial charge in [0, 0.05) is 24.0 Å². The summed E-state index contributed by atoms with van der Waals surface area (Å²) in [6.45, 7) is 1.45. The number of rotatable bonds is 25. The summed E-state index contributed by atoms with van der Waals surface area (Å²) in [6, 6.07) is 4.25. The molecule has 0 aromatic carbocycles. The van der Waals surface area contributed by atoms with Crippen molar-refractivity contribution < 1.29 is 36.7 Å². The number of nitrogens with zero attached hydrogens (tertiary/aromatic N) is 3. The van der Waals surface area contributed by atoms with Gasteiger partial charge in [0.05, 0.1) is 17.5 Å². The molecule has 3 atom stereocenters. The van der Waals surface area contributed by atoms with Gasteiger partial charge in [-0.25, -0.2) is 13.4 Å². The minimum atomic E-state index is -4.60. The van der Waals surface area contributed by atoms with Gasteiger partial charge < -0.3 is 24.3 Å². The van der Waals surface area contributed by atoms with Gasteiger partial charge in [-0.3, -0.25) is 13.9 Å². The highest BCUT2D eigenvalue weighted by Gasteiger charge is 2.36. The zero-order valence-electron chi connectivity index (χ0n) is 30.7. The van der Waals surface area contributed by atoms with Gasteiger partial charge in [0.15, 0.2) is 20.5 Å². The smallest absolute Gasteiger partial charge is 0.346 e. The summed E-state index contributed by atoms with van der Waals surface area (Å²) >= 11 is 6.43. The van der Waals surface area contributed by atoms with Crippen LogP contribution < -0.4 is 5.32 Å². The van der Waals surface area contributed by atoms with Crippen molar-refractivity contribution in [2.24, 2.45) is 0 Å². The largest absolute Gasteiger partial charge is 0.438 e. The zero-order chi connectivity index (χ0) is 37.4. The Balaban J connectivity index is 1.12. The van der Waals surface area contributed by atoms with Crippen LogP contribution in [0.5, 0.6) is 0 Å². The predicted octanol–water partition coefficient (Wildman–Crippen LogP) is 9.54. The highest BCUT2D eigenvalue weighted by atomic mass is 35.5. The molecule has 1 aliphatic heterocycles. The number of pyridine rings is 1. The molecule has 52 heavy (non-hydrogen) atoms. The second-order valence-corrected chi connectivity index (χ2v) is 19.2. The van der Waals surface area contributed by atoms with E-state index >= 15 is 0 Å². The maximum absolute atomic E-state index is 12.9. The van der Waals surface area contributed by atoms with E-state index in [1.54, 1.807) is 10.8 Å². The third kappa shape index (κ3) is 13.9. The molecule has 1 aliphatic carbocycles. The molecule has 0 amide bonds. The monoisotopic (exact) mass is 784 g/mol. The minimum Gasteiger partial charge on any atom is -0.438 e. The van der Waals surface area contributed by atoms with Crippen molar-refractivity contribution in [1.29, 1.82) is 5.26 Å². The number of esters is 1. The number of sulfone groups is 1. The van der Waals surface area contributed by atoms with Crippen molar-refractivity contribution >= 4 is 51.7 Å². The van der Waals surface area contributed by atoms with Gasteiger partial charge in [-0.15, -0.1) is 0 Å². The quantitative estimate of drug-likeness (QED) is 0.0323. The zero-order valence-corrected chi connectivity index (χ0v) is 33.2. The van der Waals surface area contributed by atoms with E-state index in [0.717, 1.165) is 50.3 Å². The lowest BCUT2D eigenvalue weighted by Gasteiger charge is -2.19. The summed E-state index contributed by atoms with van der Waals surface area (Å²) in [6.07, 6.45) is 22.7. The number of nitrogens with one attached hydrogen (secondary N) is 1. The SMILES string of the molecule is CCCCCCCCCCCCCCCCC(=O)OCOP(=O)(O)CS(=O)(=O)C[C@@H]1CC[C@H](n2ccc3c(NC4CCCC4)c(C#N)c(Cl)nc32)O1. The highest BCUT2D eigenvalue weighted by molar-refractivity contribution is 7.97. The Hall–Kier alpha value is -2.20. The summed E-state index contributed by atoms with van der Waals surface area (Å²) in [5.41, 5.74) is 0.327. The van der Waals surface area contributed by atoms with E-state index in [2.05, 4.69) is 23.3 Å². The van der Waals surface area contributed by atoms with Gasteiger partial charge in [-0.2, -0.15) is 5.26 Å². The summed E-state index contributed by atoms with van der Waals surface area (Å²) in [5.74, 6) is -1.03. The molecule has 2 aromatic rings. The maximum atomic E-state index is 12.9. The molecule has 4 rings (SSSR count). The highest BCUT2D eigenvalue weighted by Crippen LogP contribution is 2.44. The third-order valence-electron chi connectivity index (χ3n) is 10.0. The molecule has 292 valence electrons. The molecule has 2 N–H and O–H groups in total. The minimum absolute atomic E-state index is 0.0757. The number of anilines is 1. The number of hydrogen-bond donors (Lipinski definition) is 2. The van der Waals surface area contributed by atoms with Crippen molar-refractivity contribution in [3.8, 4) is 6.07 Å². The van der Waals surface area contributed by atoms with Gasteiger partial charge >= 0.3 is 13.6 Å². The van der Waals surface area contributed by atoms with Crippen molar-refractivity contribution in [2.75, 3.05) is 23.4 Å². The Labute approximate surface area is 314 Å². The van der Waals surface area contributed by atoms with E-state index in [0.29, 0.717) is 30.6 Å². The van der Waals surface area contributed by atoms with E-state index < -0.39 is 53.8 Å². The molecule has 2 aliphatic rings. The lowest BCUT2D eigenvalue weighted by atomic mass is 10.0. The number of ether oxygens (including phenoxy) is 2. The molecule has 2 aromatic heterocycles. The normalized spacial score (nSPS) is 19.2. The Morgan fingerprint density at radius 3 is 2.27 bits per heavy atom. The molecule has 0 spiro atoms. The Kier molecular flexibility index (Phi) is 17.7. The first-order chi connectivity index (χ1) is 25.0. The van der Waals surface area contributed by atoms with Gasteiger partial charge in [0.25, 0.3) is 0 Å². The number of carbonyl (C=O) groups is 1. The summed E-state index contributed by atoms with van der Waals surface area (Å²) in [7, 11) is -8.68. The number of hydrogen-bond acceptors (Lipinski definition) is 10. The van der Waals surface area contributed by atoms with Gasteiger partial charge in [0.2, 0.25) is 6.79 Å². The van der Waals surface area contributed by atoms with E-state index in [4.69, 9.17) is 25.6 Å². The van der Waals surface area contributed by atoms with Gasteiger partial charge in [-0.05, 0) is 38.2 Å². The lowest BCUT2D eigenvalue weighted by Crippen LogP contribution is -2.24. The van der Waals surface area contributed by atoms with E-state index in [1.807, 2.05) is 6.07 Å². The predicted molar refractivity (Wildman–Crippen MR) is 204 cm³/mol. The van der Waals surface area contributed by atoms with Crippen LogP contribution in [0.25, 0.3) is 11.0 Å². The fourth-order valence-corrected chi connectivity index (χ4v) is 11.2. The number of unbranched alkanes of at least 4 members (excludes halogenated alkanes) is 13. The average Bonchev–Trinajstić information content (AvgIpc) is 3.86. The number of halogens is 1. The number of nitriles is 1. The first kappa shape index (κ1) is 42.5. The molecule has 2 fully saturated rings. The summed E-state index contributed by atoms with van der Waals surface area (Å²) in [4.78, 5) is 26.8. The van der Waals surface area contributed by atoms with Crippen LogP contribution in [0.1, 0.15) is 154 Å². The average molecular weight is 785 g/mol. The van der Waals surface area contributed by atoms with Gasteiger partial charge in [0.1, 0.15) is 23.5 Å².